The third-order valence-corrected chi connectivity index (χ3v) is 3.34. The number of hydrogen-bond acceptors (Lipinski definition) is 4. The van der Waals surface area contributed by atoms with E-state index in [-0.39, 0.29) is 0 Å². The lowest BCUT2D eigenvalue weighted by Crippen LogP contribution is -2.10. The van der Waals surface area contributed by atoms with E-state index in [9.17, 15) is 0 Å². The molecule has 0 amide bonds. The van der Waals surface area contributed by atoms with Crippen molar-refractivity contribution in [1.29, 1.82) is 5.41 Å². The topological polar surface area (TPSA) is 67.6 Å². The van der Waals surface area contributed by atoms with Gasteiger partial charge in [-0.1, -0.05) is 24.3 Å². The molecule has 0 aliphatic heterocycles. The van der Waals surface area contributed by atoms with Gasteiger partial charge < -0.3 is 14.9 Å². The maximum atomic E-state index is 9.00. The van der Waals surface area contributed by atoms with Crippen molar-refractivity contribution in [2.24, 2.45) is 0 Å². The number of carbonyl (C=O) groups is 1. The van der Waals surface area contributed by atoms with Crippen molar-refractivity contribution in [1.82, 2.24) is 0 Å². The van der Waals surface area contributed by atoms with E-state index in [1.165, 1.54) is 0 Å². The summed E-state index contributed by atoms with van der Waals surface area (Å²) in [5.41, 5.74) is 4.72. The number of aliphatic carboxylic acids is 1. The molecule has 0 radical (unpaired) electrons. The highest BCUT2D eigenvalue weighted by atomic mass is 16.4. The number of nitrogens with one attached hydrogen (secondary N) is 1. The normalized spacial score (nSPS) is 9.54. The van der Waals surface area contributed by atoms with E-state index < -0.39 is 5.97 Å². The van der Waals surface area contributed by atoms with Crippen LogP contribution in [0.15, 0.2) is 48.5 Å². The van der Waals surface area contributed by atoms with Gasteiger partial charge in [0.2, 0.25) is 0 Å². The first-order valence-electron chi connectivity index (χ1n) is 7.56. The van der Waals surface area contributed by atoms with Gasteiger partial charge in [-0.05, 0) is 24.3 Å². The minimum atomic E-state index is -0.833. The molecule has 0 heterocycles. The molecule has 0 saturated heterocycles. The Labute approximate surface area is 143 Å². The van der Waals surface area contributed by atoms with E-state index in [1.807, 2.05) is 76.7 Å². The fraction of sp³-hybridized carbons (Fsp3) is 0.263. The molecule has 5 nitrogen and oxygen atoms in total. The molecule has 0 spiro atoms. The van der Waals surface area contributed by atoms with Crippen molar-refractivity contribution < 1.29 is 9.90 Å². The monoisotopic (exact) mass is 327 g/mol. The molecule has 0 aliphatic carbocycles. The third-order valence-electron chi connectivity index (χ3n) is 3.34. The van der Waals surface area contributed by atoms with Crippen LogP contribution in [0.1, 0.15) is 18.1 Å². The predicted molar refractivity (Wildman–Crippen MR) is 101 cm³/mol. The zero-order chi connectivity index (χ0) is 18.3. The SMILES string of the molecule is CC(=O)O.CN(C)c1ccc(C(=N)c2ccc(N(C)C)cc2)cc1. The first kappa shape index (κ1) is 19.2. The van der Waals surface area contributed by atoms with E-state index in [0.717, 1.165) is 29.4 Å². The van der Waals surface area contributed by atoms with Crippen LogP contribution >= 0.6 is 0 Å². The van der Waals surface area contributed by atoms with Crippen molar-refractivity contribution in [2.45, 2.75) is 6.92 Å². The highest BCUT2D eigenvalue weighted by Crippen LogP contribution is 2.18. The van der Waals surface area contributed by atoms with Gasteiger partial charge in [0.15, 0.2) is 0 Å². The summed E-state index contributed by atoms with van der Waals surface area (Å²) < 4.78 is 0. The fourth-order valence-electron chi connectivity index (χ4n) is 2.02. The average molecular weight is 327 g/mol. The Balaban J connectivity index is 0.000000648. The van der Waals surface area contributed by atoms with Crippen LogP contribution in [0.25, 0.3) is 0 Å². The lowest BCUT2D eigenvalue weighted by molar-refractivity contribution is -0.134. The van der Waals surface area contributed by atoms with Gasteiger partial charge in [0, 0.05) is 57.6 Å². The van der Waals surface area contributed by atoms with Gasteiger partial charge in [0.25, 0.3) is 5.97 Å². The Morgan fingerprint density at radius 3 is 1.25 bits per heavy atom. The van der Waals surface area contributed by atoms with Crippen molar-refractivity contribution in [2.75, 3.05) is 38.0 Å². The fourth-order valence-corrected chi connectivity index (χ4v) is 2.02. The molecule has 5 heteroatoms. The molecule has 0 bridgehead atoms. The second-order valence-corrected chi connectivity index (χ2v) is 5.78. The van der Waals surface area contributed by atoms with Crippen molar-refractivity contribution in [3.8, 4) is 0 Å². The molecule has 0 aliphatic rings. The van der Waals surface area contributed by atoms with Gasteiger partial charge >= 0.3 is 0 Å². The van der Waals surface area contributed by atoms with Crippen LogP contribution < -0.4 is 9.80 Å². The van der Waals surface area contributed by atoms with Crippen molar-refractivity contribution >= 4 is 23.1 Å². The summed E-state index contributed by atoms with van der Waals surface area (Å²) in [4.78, 5) is 13.1. The molecule has 2 N–H and O–H groups in total. The molecule has 0 aromatic heterocycles. The molecule has 128 valence electrons. The van der Waals surface area contributed by atoms with Crippen LogP contribution in [0.4, 0.5) is 11.4 Å². The summed E-state index contributed by atoms with van der Waals surface area (Å²) in [6.07, 6.45) is 0. The number of benzene rings is 2. The highest BCUT2D eigenvalue weighted by Gasteiger charge is 2.06. The van der Waals surface area contributed by atoms with Crippen LogP contribution in [-0.4, -0.2) is 45.0 Å². The highest BCUT2D eigenvalue weighted by molar-refractivity contribution is 6.11. The zero-order valence-electron chi connectivity index (χ0n) is 14.9. The smallest absolute Gasteiger partial charge is 0.300 e. The summed E-state index contributed by atoms with van der Waals surface area (Å²) >= 11 is 0. The maximum Gasteiger partial charge on any atom is 0.300 e. The van der Waals surface area contributed by atoms with E-state index in [2.05, 4.69) is 9.80 Å². The second-order valence-electron chi connectivity index (χ2n) is 5.78. The van der Waals surface area contributed by atoms with Gasteiger partial charge in [-0.2, -0.15) is 0 Å². The summed E-state index contributed by atoms with van der Waals surface area (Å²) in [7, 11) is 8.06. The van der Waals surface area contributed by atoms with E-state index >= 15 is 0 Å². The molecule has 2 aromatic rings. The van der Waals surface area contributed by atoms with Gasteiger partial charge in [0.1, 0.15) is 0 Å². The number of anilines is 2. The molecule has 0 fully saturated rings. The molecule has 24 heavy (non-hydrogen) atoms. The van der Waals surface area contributed by atoms with E-state index in [0.29, 0.717) is 5.71 Å². The third kappa shape index (κ3) is 5.76. The minimum Gasteiger partial charge on any atom is -0.481 e. The Morgan fingerprint density at radius 2 is 1.04 bits per heavy atom. The van der Waals surface area contributed by atoms with Crippen LogP contribution in [0.3, 0.4) is 0 Å². The number of nitrogens with zero attached hydrogens (tertiary/aromatic N) is 2. The Bertz CT molecular complexity index is 617. The van der Waals surface area contributed by atoms with Gasteiger partial charge in [0.05, 0.1) is 5.71 Å². The Kier molecular flexibility index (Phi) is 6.98. The van der Waals surface area contributed by atoms with Gasteiger partial charge in [-0.3, -0.25) is 10.2 Å². The quantitative estimate of drug-likeness (QED) is 0.845. The average Bonchev–Trinajstić information content (AvgIpc) is 2.54. The summed E-state index contributed by atoms with van der Waals surface area (Å²) in [5.74, 6) is -0.833. The Hall–Kier alpha value is -2.82. The van der Waals surface area contributed by atoms with Gasteiger partial charge in [-0.15, -0.1) is 0 Å². The van der Waals surface area contributed by atoms with E-state index in [4.69, 9.17) is 15.3 Å². The van der Waals surface area contributed by atoms with Gasteiger partial charge in [-0.25, -0.2) is 0 Å². The van der Waals surface area contributed by atoms with Crippen molar-refractivity contribution in [3.63, 3.8) is 0 Å². The van der Waals surface area contributed by atoms with E-state index in [1.54, 1.807) is 0 Å². The van der Waals surface area contributed by atoms with Crippen LogP contribution in [0.5, 0.6) is 0 Å². The molecule has 2 aromatic carbocycles. The summed E-state index contributed by atoms with van der Waals surface area (Å²) in [5, 5.41) is 15.7. The molecule has 2 rings (SSSR count). The molecule has 0 saturated carbocycles. The van der Waals surface area contributed by atoms with Crippen LogP contribution in [0.2, 0.25) is 0 Å². The Morgan fingerprint density at radius 1 is 0.792 bits per heavy atom. The summed E-state index contributed by atoms with van der Waals surface area (Å²) in [6, 6.07) is 16.1. The molecular weight excluding hydrogens is 302 g/mol. The van der Waals surface area contributed by atoms with Crippen molar-refractivity contribution in [3.05, 3.63) is 59.7 Å². The molecule has 0 unspecified atom stereocenters. The molecular formula is C19H25N3O2. The lowest BCUT2D eigenvalue weighted by Gasteiger charge is -2.14. The lowest BCUT2D eigenvalue weighted by atomic mass is 10.0. The number of rotatable bonds is 4. The zero-order valence-corrected chi connectivity index (χ0v) is 14.9. The first-order valence-corrected chi connectivity index (χ1v) is 7.56. The number of hydrogen-bond donors (Lipinski definition) is 2. The number of carboxylic acid groups (broad SMARTS) is 1. The first-order chi connectivity index (χ1) is 11.2. The predicted octanol–water partition coefficient (Wildman–Crippen LogP) is 3.33. The second kappa shape index (κ2) is 8.72. The van der Waals surface area contributed by atoms with Crippen LogP contribution in [-0.2, 0) is 4.79 Å². The maximum absolute atomic E-state index is 9.00. The molecule has 0 atom stereocenters. The van der Waals surface area contributed by atoms with Crippen LogP contribution in [0, 0.1) is 5.41 Å². The standard InChI is InChI=1S/C17H21N3.C2H4O2/c1-19(2)15-9-5-13(6-10-15)17(18)14-7-11-16(12-8-14)20(3)4;1-2(3)4/h5-12,18H,1-4H3;1H3,(H,3,4). The minimum absolute atomic E-state index is 0.556. The summed E-state index contributed by atoms with van der Waals surface area (Å²) in [6.45, 7) is 1.08. The largest absolute Gasteiger partial charge is 0.481 e. The number of carboxylic acids is 1.